The molecule has 0 N–H and O–H groups in total. The Labute approximate surface area is 186 Å². The molecule has 1 atom stereocenters. The molecule has 1 saturated carbocycles. The minimum absolute atomic E-state index is 0.00339. The van der Waals surface area contributed by atoms with Crippen molar-refractivity contribution in [2.45, 2.75) is 44.4 Å². The zero-order valence-corrected chi connectivity index (χ0v) is 18.6. The summed E-state index contributed by atoms with van der Waals surface area (Å²) in [6.07, 6.45) is -3.00. The summed E-state index contributed by atoms with van der Waals surface area (Å²) in [6.45, 7) is 4.34. The summed E-state index contributed by atoms with van der Waals surface area (Å²) in [4.78, 5) is 16.9. The highest BCUT2D eigenvalue weighted by molar-refractivity contribution is 9.10. The monoisotopic (exact) mass is 502 g/mol. The van der Waals surface area contributed by atoms with E-state index < -0.39 is 17.9 Å². The van der Waals surface area contributed by atoms with E-state index in [1.165, 1.54) is 16.8 Å². The average molecular weight is 503 g/mol. The van der Waals surface area contributed by atoms with Crippen LogP contribution >= 0.6 is 15.9 Å². The third-order valence-corrected chi connectivity index (χ3v) is 6.61. The molecule has 0 spiro atoms. The van der Waals surface area contributed by atoms with E-state index >= 15 is 0 Å². The molecule has 1 amide bonds. The molecule has 1 aliphatic carbocycles. The standard InChI is InChI=1S/C21H23BrF4N4O/c1-13(30-18(15-5-6-15)17(22)19(27-30)21(24,25)26)20(31)29-9-7-28(8-10-29)12-14-3-2-4-16(23)11-14/h2-4,11,13,15H,5-10,12H2,1H3. The van der Waals surface area contributed by atoms with E-state index in [2.05, 4.69) is 25.9 Å². The van der Waals surface area contributed by atoms with E-state index in [-0.39, 0.29) is 22.1 Å². The molecule has 2 aromatic rings. The Bertz CT molecular complexity index is 965. The number of amides is 1. The second-order valence-electron chi connectivity index (χ2n) is 8.17. The average Bonchev–Trinajstić information content (AvgIpc) is 3.48. The van der Waals surface area contributed by atoms with Crippen molar-refractivity contribution in [2.75, 3.05) is 26.2 Å². The van der Waals surface area contributed by atoms with Gasteiger partial charge < -0.3 is 4.90 Å². The number of halogens is 5. The van der Waals surface area contributed by atoms with Crippen LogP contribution in [0.1, 0.15) is 48.7 Å². The molecule has 0 bridgehead atoms. The first-order valence-corrected chi connectivity index (χ1v) is 11.0. The first-order valence-electron chi connectivity index (χ1n) is 10.3. The van der Waals surface area contributed by atoms with Crippen LogP contribution in [0.15, 0.2) is 28.7 Å². The summed E-state index contributed by atoms with van der Waals surface area (Å²) in [7, 11) is 0. The first kappa shape index (κ1) is 22.3. The largest absolute Gasteiger partial charge is 0.436 e. The van der Waals surface area contributed by atoms with E-state index in [4.69, 9.17) is 0 Å². The Kier molecular flexibility index (Phi) is 6.13. The zero-order valence-electron chi connectivity index (χ0n) is 17.0. The Morgan fingerprint density at radius 1 is 1.23 bits per heavy atom. The number of aromatic nitrogens is 2. The number of rotatable bonds is 5. The number of carbonyl (C=O) groups is 1. The number of hydrogen-bond donors (Lipinski definition) is 0. The van der Waals surface area contributed by atoms with Crippen molar-refractivity contribution < 1.29 is 22.4 Å². The van der Waals surface area contributed by atoms with Gasteiger partial charge in [-0.05, 0) is 53.4 Å². The fourth-order valence-electron chi connectivity index (χ4n) is 4.02. The van der Waals surface area contributed by atoms with Gasteiger partial charge in [0.15, 0.2) is 5.69 Å². The van der Waals surface area contributed by atoms with Gasteiger partial charge in [0.25, 0.3) is 0 Å². The molecule has 4 rings (SSSR count). The van der Waals surface area contributed by atoms with Gasteiger partial charge >= 0.3 is 6.18 Å². The predicted molar refractivity (Wildman–Crippen MR) is 110 cm³/mol. The van der Waals surface area contributed by atoms with Gasteiger partial charge in [0.05, 0.1) is 10.2 Å². The highest BCUT2D eigenvalue weighted by atomic mass is 79.9. The van der Waals surface area contributed by atoms with Gasteiger partial charge in [0.1, 0.15) is 11.9 Å². The molecule has 1 unspecified atom stereocenters. The summed E-state index contributed by atoms with van der Waals surface area (Å²) in [5, 5.41) is 3.79. The summed E-state index contributed by atoms with van der Waals surface area (Å²) in [6, 6.07) is 5.59. The minimum atomic E-state index is -4.58. The van der Waals surface area contributed by atoms with E-state index in [9.17, 15) is 22.4 Å². The number of benzene rings is 1. The molecule has 168 valence electrons. The molecule has 1 saturated heterocycles. The van der Waals surface area contributed by atoms with E-state index in [0.29, 0.717) is 38.4 Å². The van der Waals surface area contributed by atoms with Gasteiger partial charge in [0, 0.05) is 38.6 Å². The van der Waals surface area contributed by atoms with Crippen LogP contribution in [0.25, 0.3) is 0 Å². The van der Waals surface area contributed by atoms with E-state index in [1.54, 1.807) is 17.9 Å². The van der Waals surface area contributed by atoms with Crippen LogP contribution in [0, 0.1) is 5.82 Å². The second kappa shape index (κ2) is 8.54. The van der Waals surface area contributed by atoms with Crippen LogP contribution in [-0.4, -0.2) is 51.7 Å². The molecule has 1 aromatic heterocycles. The summed E-state index contributed by atoms with van der Waals surface area (Å²) in [5.41, 5.74) is 0.343. The third kappa shape index (κ3) is 4.79. The van der Waals surface area contributed by atoms with Crippen molar-refractivity contribution >= 4 is 21.8 Å². The Hall–Kier alpha value is -1.94. The highest BCUT2D eigenvalue weighted by Gasteiger charge is 2.43. The zero-order chi connectivity index (χ0) is 22.3. The third-order valence-electron chi connectivity index (χ3n) is 5.82. The SMILES string of the molecule is CC(C(=O)N1CCN(Cc2cccc(F)c2)CC1)n1nc(C(F)(F)F)c(Br)c1C1CC1. The normalized spacial score (nSPS) is 19.0. The van der Waals surface area contributed by atoms with Crippen LogP contribution in [0.3, 0.4) is 0 Å². The lowest BCUT2D eigenvalue weighted by molar-refractivity contribution is -0.143. The van der Waals surface area contributed by atoms with Crippen molar-refractivity contribution in [3.05, 3.63) is 51.5 Å². The van der Waals surface area contributed by atoms with Gasteiger partial charge in [-0.25, -0.2) is 4.39 Å². The highest BCUT2D eigenvalue weighted by Crippen LogP contribution is 2.47. The fourth-order valence-corrected chi connectivity index (χ4v) is 4.83. The Morgan fingerprint density at radius 3 is 2.48 bits per heavy atom. The number of alkyl halides is 3. The maximum Gasteiger partial charge on any atom is 0.436 e. The molecule has 2 fully saturated rings. The lowest BCUT2D eigenvalue weighted by atomic mass is 10.1. The Morgan fingerprint density at radius 2 is 1.90 bits per heavy atom. The maximum atomic E-state index is 13.4. The lowest BCUT2D eigenvalue weighted by Crippen LogP contribution is -2.50. The van der Waals surface area contributed by atoms with Gasteiger partial charge in [-0.1, -0.05) is 12.1 Å². The van der Waals surface area contributed by atoms with Gasteiger partial charge in [0.2, 0.25) is 5.91 Å². The molecule has 31 heavy (non-hydrogen) atoms. The molecule has 1 aromatic carbocycles. The van der Waals surface area contributed by atoms with Crippen molar-refractivity contribution in [3.8, 4) is 0 Å². The second-order valence-corrected chi connectivity index (χ2v) is 8.96. The molecule has 1 aliphatic heterocycles. The van der Waals surface area contributed by atoms with Crippen LogP contribution < -0.4 is 0 Å². The predicted octanol–water partition coefficient (Wildman–Crippen LogP) is 4.59. The molecule has 5 nitrogen and oxygen atoms in total. The van der Waals surface area contributed by atoms with Gasteiger partial charge in [-0.15, -0.1) is 0 Å². The molecular formula is C21H23BrF4N4O. The van der Waals surface area contributed by atoms with Crippen molar-refractivity contribution in [1.29, 1.82) is 0 Å². The molecule has 0 radical (unpaired) electrons. The van der Waals surface area contributed by atoms with Crippen molar-refractivity contribution in [3.63, 3.8) is 0 Å². The number of piperazine rings is 1. The number of nitrogens with zero attached hydrogens (tertiary/aromatic N) is 4. The summed E-state index contributed by atoms with van der Waals surface area (Å²) < 4.78 is 54.7. The van der Waals surface area contributed by atoms with Crippen LogP contribution in [0.5, 0.6) is 0 Å². The van der Waals surface area contributed by atoms with Gasteiger partial charge in [-0.2, -0.15) is 18.3 Å². The van der Waals surface area contributed by atoms with Crippen LogP contribution in [-0.2, 0) is 17.5 Å². The first-order chi connectivity index (χ1) is 14.6. The lowest BCUT2D eigenvalue weighted by Gasteiger charge is -2.36. The molecule has 10 heteroatoms. The smallest absolute Gasteiger partial charge is 0.338 e. The minimum Gasteiger partial charge on any atom is -0.338 e. The van der Waals surface area contributed by atoms with Crippen LogP contribution in [0.2, 0.25) is 0 Å². The fraction of sp³-hybridized carbons (Fsp3) is 0.524. The van der Waals surface area contributed by atoms with E-state index in [0.717, 1.165) is 18.4 Å². The van der Waals surface area contributed by atoms with Crippen LogP contribution in [0.4, 0.5) is 17.6 Å². The molecule has 2 heterocycles. The topological polar surface area (TPSA) is 41.4 Å². The van der Waals surface area contributed by atoms with Crippen molar-refractivity contribution in [2.24, 2.45) is 0 Å². The Balaban J connectivity index is 1.44. The molecule has 2 aliphatic rings. The number of hydrogen-bond acceptors (Lipinski definition) is 3. The molecular weight excluding hydrogens is 480 g/mol. The summed E-state index contributed by atoms with van der Waals surface area (Å²) in [5.74, 6) is -0.525. The van der Waals surface area contributed by atoms with Gasteiger partial charge in [-0.3, -0.25) is 14.4 Å². The number of carbonyl (C=O) groups excluding carboxylic acids is 1. The van der Waals surface area contributed by atoms with Crippen molar-refractivity contribution in [1.82, 2.24) is 19.6 Å². The summed E-state index contributed by atoms with van der Waals surface area (Å²) >= 11 is 3.07. The quantitative estimate of drug-likeness (QED) is 0.561. The van der Waals surface area contributed by atoms with E-state index in [1.807, 2.05) is 6.07 Å². The maximum absolute atomic E-state index is 13.4.